The predicted molar refractivity (Wildman–Crippen MR) is 199 cm³/mol. The van der Waals surface area contributed by atoms with E-state index >= 15 is 0 Å². The molecule has 1 saturated carbocycles. The summed E-state index contributed by atoms with van der Waals surface area (Å²) in [6.07, 6.45) is 15.7. The summed E-state index contributed by atoms with van der Waals surface area (Å²) < 4.78 is 0. The van der Waals surface area contributed by atoms with Crippen LogP contribution in [0.25, 0.3) is 11.4 Å². The molecule has 10 heteroatoms. The number of hydrogen-bond donors (Lipinski definition) is 3. The average molecular weight is 689 g/mol. The van der Waals surface area contributed by atoms with Crippen molar-refractivity contribution in [1.82, 2.24) is 15.3 Å². The second-order valence-electron chi connectivity index (χ2n) is 14.7. The van der Waals surface area contributed by atoms with Gasteiger partial charge in [0.05, 0.1) is 23.0 Å². The van der Waals surface area contributed by atoms with Crippen LogP contribution in [0.3, 0.4) is 0 Å². The van der Waals surface area contributed by atoms with E-state index in [4.69, 9.17) is 5.73 Å². The highest BCUT2D eigenvalue weighted by Gasteiger charge is 2.30. The fraction of sp³-hybridized carbons (Fsp3) is 0.564. The van der Waals surface area contributed by atoms with Gasteiger partial charge in [0.2, 0.25) is 11.8 Å². The molecule has 3 heterocycles. The van der Waals surface area contributed by atoms with E-state index in [9.17, 15) is 14.4 Å². The van der Waals surface area contributed by atoms with Gasteiger partial charge in [0.25, 0.3) is 5.91 Å². The summed E-state index contributed by atoms with van der Waals surface area (Å²) in [6.45, 7) is 12.5. The molecule has 1 saturated heterocycles. The Morgan fingerprint density at radius 3 is 2.00 bits per heavy atom. The minimum atomic E-state index is -0.802. The lowest BCUT2D eigenvalue weighted by atomic mass is 9.72. The van der Waals surface area contributed by atoms with Crippen LogP contribution in [0.5, 0.6) is 0 Å². The van der Waals surface area contributed by atoms with Crippen LogP contribution in [0.15, 0.2) is 48.8 Å². The minimum absolute atomic E-state index is 0.0398. The average Bonchev–Trinajstić information content (AvgIpc) is 3.61. The third-order valence-corrected chi connectivity index (χ3v) is 11.5. The monoisotopic (exact) mass is 688 g/mol. The molecule has 49 heavy (non-hydrogen) atoms. The van der Waals surface area contributed by atoms with Crippen molar-refractivity contribution in [1.29, 1.82) is 0 Å². The standard InChI is InChI=1S/C36H49N5O2S.C3H7NO/c1-5-6-24-7-11-26(12-8-24)27-17-19-41(20-18-27)29-22-38-34(39-23-29)28-13-9-25(10-14-28)21-30(33(37)42)40-35(43)31-15-16-32(44-31)36(2,3)4;1-2-3(4)5/h9-10,13-16,22-24,26-27,30H,5-8,11-12,17-21H2,1-4H3,(H2,37,42)(H,40,43);2H2,1H3,(H2,4,5). The Labute approximate surface area is 296 Å². The zero-order valence-electron chi connectivity index (χ0n) is 30.0. The van der Waals surface area contributed by atoms with Crippen LogP contribution < -0.4 is 21.7 Å². The highest BCUT2D eigenvalue weighted by atomic mass is 32.1. The van der Waals surface area contributed by atoms with Crippen LogP contribution in [0.4, 0.5) is 5.69 Å². The van der Waals surface area contributed by atoms with Gasteiger partial charge in [-0.15, -0.1) is 11.3 Å². The van der Waals surface area contributed by atoms with Crippen molar-refractivity contribution in [3.63, 3.8) is 0 Å². The van der Waals surface area contributed by atoms with Crippen molar-refractivity contribution in [2.24, 2.45) is 29.2 Å². The Morgan fingerprint density at radius 2 is 1.49 bits per heavy atom. The van der Waals surface area contributed by atoms with Gasteiger partial charge < -0.3 is 21.7 Å². The number of aromatic nitrogens is 2. The number of hydrogen-bond acceptors (Lipinski definition) is 7. The largest absolute Gasteiger partial charge is 0.370 e. The predicted octanol–water partition coefficient (Wildman–Crippen LogP) is 7.03. The molecule has 5 rings (SSSR count). The number of piperidine rings is 1. The molecule has 1 aromatic carbocycles. The molecule has 2 fully saturated rings. The molecule has 1 unspecified atom stereocenters. The van der Waals surface area contributed by atoms with Crippen molar-refractivity contribution in [3.05, 3.63) is 64.1 Å². The number of primary amides is 2. The fourth-order valence-electron chi connectivity index (χ4n) is 6.96. The number of carbonyl (C=O) groups is 3. The van der Waals surface area contributed by atoms with Gasteiger partial charge in [-0.25, -0.2) is 9.97 Å². The molecular weight excluding hydrogens is 633 g/mol. The van der Waals surface area contributed by atoms with Crippen LogP contribution in [-0.4, -0.2) is 46.8 Å². The second kappa shape index (κ2) is 17.7. The number of nitrogens with two attached hydrogens (primary N) is 2. The van der Waals surface area contributed by atoms with Gasteiger partial charge in [0, 0.05) is 36.4 Å². The zero-order valence-corrected chi connectivity index (χ0v) is 30.9. The van der Waals surface area contributed by atoms with Crippen molar-refractivity contribution < 1.29 is 14.4 Å². The SMILES string of the molecule is CCC(N)=O.CCCC1CCC(C2CCN(c3cnc(-c4ccc(CC(NC(=O)c5ccc(C(C)(C)C)s5)C(N)=O)cc4)nc3)CC2)CC1. The number of benzene rings is 1. The summed E-state index contributed by atoms with van der Waals surface area (Å²) in [7, 11) is 0. The van der Waals surface area contributed by atoms with Gasteiger partial charge in [-0.3, -0.25) is 14.4 Å². The number of carbonyl (C=O) groups excluding carboxylic acids is 3. The van der Waals surface area contributed by atoms with Crippen LogP contribution in [-0.2, 0) is 21.4 Å². The first kappa shape index (κ1) is 38.0. The lowest BCUT2D eigenvalue weighted by molar-refractivity contribution is -0.120. The van der Waals surface area contributed by atoms with Crippen LogP contribution >= 0.6 is 11.3 Å². The van der Waals surface area contributed by atoms with Crippen molar-refractivity contribution in [2.45, 2.75) is 110 Å². The van der Waals surface area contributed by atoms with E-state index in [1.807, 2.05) is 42.7 Å². The maximum Gasteiger partial charge on any atom is 0.262 e. The smallest absolute Gasteiger partial charge is 0.262 e. The Morgan fingerprint density at radius 1 is 0.898 bits per heavy atom. The molecule has 1 aliphatic heterocycles. The van der Waals surface area contributed by atoms with E-state index in [0.717, 1.165) is 52.5 Å². The summed E-state index contributed by atoms with van der Waals surface area (Å²) >= 11 is 1.44. The molecule has 3 amide bonds. The molecule has 1 atom stereocenters. The highest BCUT2D eigenvalue weighted by molar-refractivity contribution is 7.14. The summed E-state index contributed by atoms with van der Waals surface area (Å²) in [4.78, 5) is 48.2. The molecule has 266 valence electrons. The molecule has 0 spiro atoms. The molecule has 2 aromatic heterocycles. The lowest BCUT2D eigenvalue weighted by Crippen LogP contribution is -2.45. The second-order valence-corrected chi connectivity index (χ2v) is 15.8. The van der Waals surface area contributed by atoms with Gasteiger partial charge in [-0.2, -0.15) is 0 Å². The van der Waals surface area contributed by atoms with E-state index in [1.165, 1.54) is 62.7 Å². The van der Waals surface area contributed by atoms with E-state index < -0.39 is 11.9 Å². The Bertz CT molecular complexity index is 1500. The molecule has 5 N–H and O–H groups in total. The van der Waals surface area contributed by atoms with Gasteiger partial charge in [-0.1, -0.05) is 84.6 Å². The molecule has 0 bridgehead atoms. The number of anilines is 1. The third-order valence-electron chi connectivity index (χ3n) is 10.0. The van der Waals surface area contributed by atoms with E-state index in [1.54, 1.807) is 13.0 Å². The van der Waals surface area contributed by atoms with E-state index in [0.29, 0.717) is 23.5 Å². The number of rotatable bonds is 11. The maximum atomic E-state index is 12.9. The number of nitrogens with one attached hydrogen (secondary N) is 1. The van der Waals surface area contributed by atoms with Crippen LogP contribution in [0.1, 0.15) is 113 Å². The quantitative estimate of drug-likeness (QED) is 0.197. The zero-order chi connectivity index (χ0) is 35.6. The molecule has 9 nitrogen and oxygen atoms in total. The van der Waals surface area contributed by atoms with Crippen LogP contribution in [0, 0.1) is 17.8 Å². The van der Waals surface area contributed by atoms with Crippen LogP contribution in [0.2, 0.25) is 0 Å². The van der Waals surface area contributed by atoms with Crippen molar-refractivity contribution in [2.75, 3.05) is 18.0 Å². The Hall–Kier alpha value is -3.79. The number of nitrogens with zero attached hydrogens (tertiary/aromatic N) is 3. The first-order valence-corrected chi connectivity index (χ1v) is 18.8. The van der Waals surface area contributed by atoms with Gasteiger partial charge in [-0.05, 0) is 66.5 Å². The molecule has 0 radical (unpaired) electrons. The van der Waals surface area contributed by atoms with E-state index in [2.05, 4.69) is 53.6 Å². The fourth-order valence-corrected chi connectivity index (χ4v) is 7.93. The van der Waals surface area contributed by atoms with Gasteiger partial charge in [0.15, 0.2) is 5.82 Å². The Kier molecular flexibility index (Phi) is 13.8. The minimum Gasteiger partial charge on any atom is -0.370 e. The first-order valence-electron chi connectivity index (χ1n) is 18.0. The maximum absolute atomic E-state index is 12.9. The number of thiophene rings is 1. The lowest BCUT2D eigenvalue weighted by Gasteiger charge is -2.39. The van der Waals surface area contributed by atoms with Crippen molar-refractivity contribution >= 4 is 34.7 Å². The summed E-state index contributed by atoms with van der Waals surface area (Å²) in [5, 5.41) is 2.82. The normalized spacial score (nSPS) is 19.0. The van der Waals surface area contributed by atoms with Gasteiger partial charge in [0.1, 0.15) is 6.04 Å². The first-order chi connectivity index (χ1) is 23.4. The van der Waals surface area contributed by atoms with E-state index in [-0.39, 0.29) is 17.2 Å². The highest BCUT2D eigenvalue weighted by Crippen LogP contribution is 2.39. The third kappa shape index (κ3) is 11.1. The summed E-state index contributed by atoms with van der Waals surface area (Å²) in [5.74, 6) is 2.35. The van der Waals surface area contributed by atoms with Crippen molar-refractivity contribution in [3.8, 4) is 11.4 Å². The molecule has 1 aliphatic carbocycles. The summed E-state index contributed by atoms with van der Waals surface area (Å²) in [5.41, 5.74) is 13.2. The Balaban J connectivity index is 0.00000101. The topological polar surface area (TPSA) is 144 Å². The molecular formula is C39H56N6O3S. The summed E-state index contributed by atoms with van der Waals surface area (Å²) in [6, 6.07) is 10.8. The molecule has 3 aromatic rings. The molecule has 2 aliphatic rings. The number of amides is 3. The van der Waals surface area contributed by atoms with Gasteiger partial charge >= 0.3 is 0 Å².